The summed E-state index contributed by atoms with van der Waals surface area (Å²) in [7, 11) is 0. The largest absolute Gasteiger partial charge is 0.464 e. The zero-order valence-electron chi connectivity index (χ0n) is 11.6. The van der Waals surface area contributed by atoms with Gasteiger partial charge in [-0.2, -0.15) is 0 Å². The molecule has 0 amide bonds. The fourth-order valence-corrected chi connectivity index (χ4v) is 2.68. The number of fused-ring (bicyclic) bond motifs is 1. The van der Waals surface area contributed by atoms with Crippen molar-refractivity contribution < 1.29 is 4.42 Å². The standard InChI is InChI=1S/C16H16ClN3O/c1-2-19-15(12-7-10(17)8-20-16(12)18)13-9-21-14-6-4-3-5-11(13)14/h3-9,15,19H,2H2,1H3,(H2,18,20). The summed E-state index contributed by atoms with van der Waals surface area (Å²) in [4.78, 5) is 4.15. The van der Waals surface area contributed by atoms with Gasteiger partial charge in [-0.25, -0.2) is 4.98 Å². The van der Waals surface area contributed by atoms with Gasteiger partial charge in [0.25, 0.3) is 0 Å². The maximum absolute atomic E-state index is 6.07. The van der Waals surface area contributed by atoms with Crippen molar-refractivity contribution in [2.24, 2.45) is 0 Å². The number of para-hydroxylation sites is 1. The van der Waals surface area contributed by atoms with Crippen LogP contribution in [0.3, 0.4) is 0 Å². The molecule has 1 atom stereocenters. The lowest BCUT2D eigenvalue weighted by Crippen LogP contribution is -2.23. The topological polar surface area (TPSA) is 64.1 Å². The molecule has 0 spiro atoms. The van der Waals surface area contributed by atoms with Crippen LogP contribution in [0.15, 0.2) is 47.2 Å². The van der Waals surface area contributed by atoms with Gasteiger partial charge in [-0.05, 0) is 18.7 Å². The number of nitrogens with two attached hydrogens (primary N) is 1. The molecule has 0 saturated carbocycles. The molecule has 3 rings (SSSR count). The number of furan rings is 1. The quantitative estimate of drug-likeness (QED) is 0.770. The summed E-state index contributed by atoms with van der Waals surface area (Å²) < 4.78 is 5.63. The van der Waals surface area contributed by atoms with Crippen LogP contribution in [0.4, 0.5) is 5.82 Å². The average molecular weight is 302 g/mol. The van der Waals surface area contributed by atoms with Gasteiger partial charge < -0.3 is 15.5 Å². The molecule has 108 valence electrons. The van der Waals surface area contributed by atoms with Gasteiger partial charge in [0.05, 0.1) is 17.3 Å². The van der Waals surface area contributed by atoms with Crippen molar-refractivity contribution in [3.63, 3.8) is 0 Å². The lowest BCUT2D eigenvalue weighted by molar-refractivity contribution is 0.585. The second kappa shape index (κ2) is 5.76. The number of pyridine rings is 1. The number of benzene rings is 1. The third-order valence-corrected chi connectivity index (χ3v) is 3.66. The lowest BCUT2D eigenvalue weighted by atomic mass is 9.98. The van der Waals surface area contributed by atoms with Crippen molar-refractivity contribution in [3.05, 3.63) is 58.9 Å². The molecule has 4 nitrogen and oxygen atoms in total. The molecule has 0 saturated heterocycles. The Morgan fingerprint density at radius 3 is 2.95 bits per heavy atom. The molecule has 0 aliphatic carbocycles. The SMILES string of the molecule is CCNC(c1cc(Cl)cnc1N)c1coc2ccccc12. The highest BCUT2D eigenvalue weighted by Crippen LogP contribution is 2.33. The van der Waals surface area contributed by atoms with Crippen molar-refractivity contribution in [3.8, 4) is 0 Å². The molecular formula is C16H16ClN3O. The molecule has 0 bridgehead atoms. The fourth-order valence-electron chi connectivity index (χ4n) is 2.51. The van der Waals surface area contributed by atoms with E-state index < -0.39 is 0 Å². The number of nitrogens with zero attached hydrogens (tertiary/aromatic N) is 1. The van der Waals surface area contributed by atoms with E-state index in [2.05, 4.69) is 10.3 Å². The Labute approximate surface area is 127 Å². The highest BCUT2D eigenvalue weighted by Gasteiger charge is 2.21. The third-order valence-electron chi connectivity index (χ3n) is 3.46. The van der Waals surface area contributed by atoms with Crippen LogP contribution in [0, 0.1) is 0 Å². The first-order valence-corrected chi connectivity index (χ1v) is 7.19. The molecule has 1 unspecified atom stereocenters. The van der Waals surface area contributed by atoms with E-state index in [-0.39, 0.29) is 6.04 Å². The van der Waals surface area contributed by atoms with Crippen LogP contribution in [0.25, 0.3) is 11.0 Å². The number of nitrogens with one attached hydrogen (secondary N) is 1. The highest BCUT2D eigenvalue weighted by molar-refractivity contribution is 6.30. The molecule has 1 aromatic carbocycles. The van der Waals surface area contributed by atoms with Gasteiger partial charge in [0, 0.05) is 22.7 Å². The molecule has 0 aliphatic rings. The van der Waals surface area contributed by atoms with Gasteiger partial charge >= 0.3 is 0 Å². The minimum absolute atomic E-state index is 0.107. The Balaban J connectivity index is 2.15. The zero-order valence-corrected chi connectivity index (χ0v) is 12.4. The van der Waals surface area contributed by atoms with E-state index >= 15 is 0 Å². The summed E-state index contributed by atoms with van der Waals surface area (Å²) >= 11 is 6.07. The smallest absolute Gasteiger partial charge is 0.134 e. The zero-order chi connectivity index (χ0) is 14.8. The molecule has 3 aromatic rings. The van der Waals surface area contributed by atoms with E-state index in [1.165, 1.54) is 0 Å². The van der Waals surface area contributed by atoms with E-state index in [1.54, 1.807) is 12.5 Å². The number of nitrogen functional groups attached to an aromatic ring is 1. The minimum atomic E-state index is -0.107. The van der Waals surface area contributed by atoms with Gasteiger partial charge in [-0.1, -0.05) is 36.7 Å². The summed E-state index contributed by atoms with van der Waals surface area (Å²) in [6, 6.07) is 9.66. The van der Waals surface area contributed by atoms with Crippen LogP contribution < -0.4 is 11.1 Å². The first-order chi connectivity index (χ1) is 10.2. The van der Waals surface area contributed by atoms with Gasteiger partial charge in [0.15, 0.2) is 0 Å². The second-order valence-electron chi connectivity index (χ2n) is 4.81. The molecule has 2 heterocycles. The Bertz CT molecular complexity index is 769. The molecular weight excluding hydrogens is 286 g/mol. The normalized spacial score (nSPS) is 12.7. The average Bonchev–Trinajstić information content (AvgIpc) is 2.91. The Hall–Kier alpha value is -2.04. The van der Waals surface area contributed by atoms with Crippen molar-refractivity contribution in [1.29, 1.82) is 0 Å². The third kappa shape index (κ3) is 2.60. The Kier molecular flexibility index (Phi) is 3.82. The van der Waals surface area contributed by atoms with Crippen molar-refractivity contribution in [2.75, 3.05) is 12.3 Å². The number of rotatable bonds is 4. The monoisotopic (exact) mass is 301 g/mol. The van der Waals surface area contributed by atoms with Crippen LogP contribution >= 0.6 is 11.6 Å². The summed E-state index contributed by atoms with van der Waals surface area (Å²) in [5.74, 6) is 0.468. The Morgan fingerprint density at radius 2 is 2.14 bits per heavy atom. The number of hydrogen-bond donors (Lipinski definition) is 2. The van der Waals surface area contributed by atoms with Crippen LogP contribution in [0.5, 0.6) is 0 Å². The van der Waals surface area contributed by atoms with Crippen LogP contribution in [-0.4, -0.2) is 11.5 Å². The number of halogens is 1. The molecule has 3 N–H and O–H groups in total. The van der Waals surface area contributed by atoms with Crippen molar-refractivity contribution in [1.82, 2.24) is 10.3 Å². The molecule has 5 heteroatoms. The van der Waals surface area contributed by atoms with Crippen LogP contribution in [0.1, 0.15) is 24.1 Å². The van der Waals surface area contributed by atoms with E-state index in [9.17, 15) is 0 Å². The fraction of sp³-hybridized carbons (Fsp3) is 0.188. The van der Waals surface area contributed by atoms with Crippen LogP contribution in [0.2, 0.25) is 5.02 Å². The number of aromatic nitrogens is 1. The molecule has 0 fully saturated rings. The number of hydrogen-bond acceptors (Lipinski definition) is 4. The maximum atomic E-state index is 6.07. The van der Waals surface area contributed by atoms with Gasteiger partial charge in [0.1, 0.15) is 11.4 Å². The molecule has 0 radical (unpaired) electrons. The minimum Gasteiger partial charge on any atom is -0.464 e. The summed E-state index contributed by atoms with van der Waals surface area (Å²) in [5, 5.41) is 5.05. The second-order valence-corrected chi connectivity index (χ2v) is 5.24. The first kappa shape index (κ1) is 13.9. The lowest BCUT2D eigenvalue weighted by Gasteiger charge is -2.19. The summed E-state index contributed by atoms with van der Waals surface area (Å²) in [6.45, 7) is 2.83. The Morgan fingerprint density at radius 1 is 1.33 bits per heavy atom. The van der Waals surface area contributed by atoms with Crippen LogP contribution in [-0.2, 0) is 0 Å². The van der Waals surface area contributed by atoms with Crippen molar-refractivity contribution >= 4 is 28.4 Å². The van der Waals surface area contributed by atoms with E-state index in [4.69, 9.17) is 21.8 Å². The predicted molar refractivity (Wildman–Crippen MR) is 85.4 cm³/mol. The summed E-state index contributed by atoms with van der Waals surface area (Å²) in [5.41, 5.74) is 8.77. The van der Waals surface area contributed by atoms with E-state index in [1.807, 2.05) is 37.3 Å². The molecule has 21 heavy (non-hydrogen) atoms. The van der Waals surface area contributed by atoms with Gasteiger partial charge in [-0.15, -0.1) is 0 Å². The van der Waals surface area contributed by atoms with Gasteiger partial charge in [0.2, 0.25) is 0 Å². The number of anilines is 1. The first-order valence-electron chi connectivity index (χ1n) is 6.81. The maximum Gasteiger partial charge on any atom is 0.134 e. The van der Waals surface area contributed by atoms with Crippen molar-refractivity contribution in [2.45, 2.75) is 13.0 Å². The summed E-state index contributed by atoms with van der Waals surface area (Å²) in [6.07, 6.45) is 3.31. The van der Waals surface area contributed by atoms with E-state index in [0.29, 0.717) is 10.8 Å². The van der Waals surface area contributed by atoms with Gasteiger partial charge in [-0.3, -0.25) is 0 Å². The predicted octanol–water partition coefficient (Wildman–Crippen LogP) is 3.76. The molecule has 2 aromatic heterocycles. The molecule has 0 aliphatic heterocycles. The highest BCUT2D eigenvalue weighted by atomic mass is 35.5. The van der Waals surface area contributed by atoms with E-state index in [0.717, 1.165) is 28.6 Å².